The highest BCUT2D eigenvalue weighted by molar-refractivity contribution is 6.44. The Balaban J connectivity index is 2.10. The third-order valence-corrected chi connectivity index (χ3v) is 4.03. The number of carbonyl (C=O) groups is 1. The summed E-state index contributed by atoms with van der Waals surface area (Å²) < 4.78 is 0. The molecular formula is C12H12Cl2N2O4. The van der Waals surface area contributed by atoms with E-state index in [9.17, 15) is 14.9 Å². The van der Waals surface area contributed by atoms with Crippen LogP contribution in [0.15, 0.2) is 12.1 Å². The summed E-state index contributed by atoms with van der Waals surface area (Å²) in [6, 6.07) is 2.20. The number of aliphatic hydroxyl groups is 1. The first-order chi connectivity index (χ1) is 9.38. The Hall–Kier alpha value is -1.37. The van der Waals surface area contributed by atoms with Crippen LogP contribution in [-0.4, -0.2) is 28.6 Å². The van der Waals surface area contributed by atoms with Gasteiger partial charge in [0.2, 0.25) is 0 Å². The van der Waals surface area contributed by atoms with Crippen molar-refractivity contribution in [2.45, 2.75) is 18.9 Å². The second-order valence-electron chi connectivity index (χ2n) is 4.75. The van der Waals surface area contributed by atoms with E-state index < -0.39 is 10.8 Å². The zero-order valence-electron chi connectivity index (χ0n) is 10.3. The molecule has 0 bridgehead atoms. The van der Waals surface area contributed by atoms with Gasteiger partial charge in [-0.15, -0.1) is 0 Å². The Morgan fingerprint density at radius 3 is 2.65 bits per heavy atom. The standard InChI is InChI=1S/C12H12Cl2N2O4/c13-10-4-7(16(19)20)3-9(11(10)14)12(18)15-5-6-1-8(17)2-6/h3-4,6,8,17H,1-2,5H2,(H,15,18). The number of amides is 1. The van der Waals surface area contributed by atoms with Crippen molar-refractivity contribution in [2.75, 3.05) is 6.54 Å². The van der Waals surface area contributed by atoms with Crippen molar-refractivity contribution in [3.63, 3.8) is 0 Å². The van der Waals surface area contributed by atoms with Crippen molar-refractivity contribution in [2.24, 2.45) is 5.92 Å². The summed E-state index contributed by atoms with van der Waals surface area (Å²) in [6.45, 7) is 0.395. The first-order valence-electron chi connectivity index (χ1n) is 5.98. The van der Waals surface area contributed by atoms with Crippen LogP contribution in [0.3, 0.4) is 0 Å². The maximum atomic E-state index is 12.0. The molecule has 6 nitrogen and oxygen atoms in total. The number of rotatable bonds is 4. The first-order valence-corrected chi connectivity index (χ1v) is 6.73. The molecule has 1 aliphatic carbocycles. The van der Waals surface area contributed by atoms with Crippen LogP contribution in [0, 0.1) is 16.0 Å². The van der Waals surface area contributed by atoms with Crippen molar-refractivity contribution in [1.82, 2.24) is 5.32 Å². The van der Waals surface area contributed by atoms with Crippen LogP contribution >= 0.6 is 23.2 Å². The number of halogens is 2. The molecule has 1 saturated carbocycles. The predicted molar refractivity (Wildman–Crippen MR) is 74.2 cm³/mol. The molecule has 8 heteroatoms. The second-order valence-corrected chi connectivity index (χ2v) is 5.53. The molecule has 1 aromatic carbocycles. The number of hydrogen-bond donors (Lipinski definition) is 2. The van der Waals surface area contributed by atoms with Gasteiger partial charge in [0.05, 0.1) is 26.6 Å². The van der Waals surface area contributed by atoms with Crippen molar-refractivity contribution in [3.8, 4) is 0 Å². The SMILES string of the molecule is O=C(NCC1CC(O)C1)c1cc([N+](=O)[O-])cc(Cl)c1Cl. The van der Waals surface area contributed by atoms with Gasteiger partial charge in [0.15, 0.2) is 0 Å². The lowest BCUT2D eigenvalue weighted by molar-refractivity contribution is -0.384. The summed E-state index contributed by atoms with van der Waals surface area (Å²) in [5.41, 5.74) is -0.311. The number of hydrogen-bond acceptors (Lipinski definition) is 4. The molecular weight excluding hydrogens is 307 g/mol. The molecule has 108 valence electrons. The van der Waals surface area contributed by atoms with Gasteiger partial charge in [-0.05, 0) is 18.8 Å². The number of benzene rings is 1. The van der Waals surface area contributed by atoms with Crippen LogP contribution < -0.4 is 5.32 Å². The van der Waals surface area contributed by atoms with E-state index in [4.69, 9.17) is 28.3 Å². The molecule has 1 fully saturated rings. The van der Waals surface area contributed by atoms with Crippen LogP contribution in [0.2, 0.25) is 10.0 Å². The van der Waals surface area contributed by atoms with E-state index in [2.05, 4.69) is 5.32 Å². The van der Waals surface area contributed by atoms with Crippen molar-refractivity contribution in [1.29, 1.82) is 0 Å². The van der Waals surface area contributed by atoms with Crippen LogP contribution in [0.4, 0.5) is 5.69 Å². The number of non-ortho nitro benzene ring substituents is 1. The Kier molecular flexibility index (Phi) is 4.47. The molecule has 0 unspecified atom stereocenters. The Morgan fingerprint density at radius 2 is 2.10 bits per heavy atom. The van der Waals surface area contributed by atoms with Crippen molar-refractivity contribution >= 4 is 34.8 Å². The molecule has 20 heavy (non-hydrogen) atoms. The fraction of sp³-hybridized carbons (Fsp3) is 0.417. The normalized spacial score (nSPS) is 21.1. The Morgan fingerprint density at radius 1 is 1.45 bits per heavy atom. The van der Waals surface area contributed by atoms with Crippen molar-refractivity contribution < 1.29 is 14.8 Å². The van der Waals surface area contributed by atoms with Crippen LogP contribution in [0.1, 0.15) is 23.2 Å². The van der Waals surface area contributed by atoms with Gasteiger partial charge < -0.3 is 10.4 Å². The fourth-order valence-corrected chi connectivity index (χ4v) is 2.45. The van der Waals surface area contributed by atoms with Gasteiger partial charge in [0.25, 0.3) is 11.6 Å². The van der Waals surface area contributed by atoms with E-state index in [0.717, 1.165) is 12.1 Å². The lowest BCUT2D eigenvalue weighted by atomic mass is 9.82. The largest absolute Gasteiger partial charge is 0.393 e. The highest BCUT2D eigenvalue weighted by atomic mass is 35.5. The van der Waals surface area contributed by atoms with Crippen LogP contribution in [-0.2, 0) is 0 Å². The second kappa shape index (κ2) is 5.95. The summed E-state index contributed by atoms with van der Waals surface area (Å²) in [7, 11) is 0. The molecule has 0 atom stereocenters. The topological polar surface area (TPSA) is 92.5 Å². The van der Waals surface area contributed by atoms with Gasteiger partial charge in [-0.3, -0.25) is 14.9 Å². The molecule has 1 aliphatic rings. The van der Waals surface area contributed by atoms with E-state index in [-0.39, 0.29) is 33.3 Å². The van der Waals surface area contributed by atoms with Crippen LogP contribution in [0.5, 0.6) is 0 Å². The van der Waals surface area contributed by atoms with E-state index in [1.165, 1.54) is 0 Å². The molecule has 2 rings (SSSR count). The highest BCUT2D eigenvalue weighted by Crippen LogP contribution is 2.31. The number of nitrogens with zero attached hydrogens (tertiary/aromatic N) is 1. The van der Waals surface area contributed by atoms with E-state index in [0.29, 0.717) is 19.4 Å². The molecule has 0 radical (unpaired) electrons. The van der Waals surface area contributed by atoms with Gasteiger partial charge >= 0.3 is 0 Å². The number of carbonyl (C=O) groups excluding carboxylic acids is 1. The zero-order valence-corrected chi connectivity index (χ0v) is 11.8. The lowest BCUT2D eigenvalue weighted by Crippen LogP contribution is -2.38. The molecule has 1 amide bonds. The highest BCUT2D eigenvalue weighted by Gasteiger charge is 2.28. The zero-order chi connectivity index (χ0) is 14.9. The van der Waals surface area contributed by atoms with Gasteiger partial charge in [-0.2, -0.15) is 0 Å². The lowest BCUT2D eigenvalue weighted by Gasteiger charge is -2.31. The summed E-state index contributed by atoms with van der Waals surface area (Å²) in [5, 5.41) is 22.5. The molecule has 0 spiro atoms. The van der Waals surface area contributed by atoms with E-state index in [1.807, 2.05) is 0 Å². The average Bonchev–Trinajstić information content (AvgIpc) is 2.35. The quantitative estimate of drug-likeness (QED) is 0.658. The molecule has 0 aliphatic heterocycles. The Bertz CT molecular complexity index is 559. The average molecular weight is 319 g/mol. The monoisotopic (exact) mass is 318 g/mol. The van der Waals surface area contributed by atoms with Gasteiger partial charge in [0, 0.05) is 18.7 Å². The van der Waals surface area contributed by atoms with E-state index in [1.54, 1.807) is 0 Å². The number of nitro groups is 1. The summed E-state index contributed by atoms with van der Waals surface area (Å²) in [4.78, 5) is 22.1. The summed E-state index contributed by atoms with van der Waals surface area (Å²) in [6.07, 6.45) is 0.987. The fourth-order valence-electron chi connectivity index (χ4n) is 2.04. The third kappa shape index (κ3) is 3.20. The number of nitro benzene ring substituents is 1. The van der Waals surface area contributed by atoms with Crippen molar-refractivity contribution in [3.05, 3.63) is 37.9 Å². The van der Waals surface area contributed by atoms with E-state index >= 15 is 0 Å². The molecule has 2 N–H and O–H groups in total. The molecule has 0 heterocycles. The Labute approximate surface area is 124 Å². The maximum Gasteiger partial charge on any atom is 0.271 e. The summed E-state index contributed by atoms with van der Waals surface area (Å²) in [5.74, 6) is -0.288. The minimum atomic E-state index is -0.638. The molecule has 0 saturated heterocycles. The number of aliphatic hydroxyl groups excluding tert-OH is 1. The maximum absolute atomic E-state index is 12.0. The van der Waals surface area contributed by atoms with Gasteiger partial charge in [-0.25, -0.2) is 0 Å². The number of nitrogens with one attached hydrogen (secondary N) is 1. The first kappa shape index (κ1) is 15.0. The van der Waals surface area contributed by atoms with Gasteiger partial charge in [-0.1, -0.05) is 23.2 Å². The molecule has 1 aromatic rings. The third-order valence-electron chi connectivity index (χ3n) is 3.23. The molecule has 0 aromatic heterocycles. The minimum absolute atomic E-state index is 0.0107. The van der Waals surface area contributed by atoms with Crippen LogP contribution in [0.25, 0.3) is 0 Å². The summed E-state index contributed by atoms with van der Waals surface area (Å²) >= 11 is 11.7. The smallest absolute Gasteiger partial charge is 0.271 e. The predicted octanol–water partition coefficient (Wildman–Crippen LogP) is 2.40. The van der Waals surface area contributed by atoms with Gasteiger partial charge in [0.1, 0.15) is 0 Å². The minimum Gasteiger partial charge on any atom is -0.393 e.